The van der Waals surface area contributed by atoms with Crippen molar-refractivity contribution >= 4 is 21.8 Å². The van der Waals surface area contributed by atoms with Crippen LogP contribution in [0.25, 0.3) is 44.4 Å². The molecule has 0 aliphatic carbocycles. The monoisotopic (exact) mass is 591 g/mol. The number of para-hydroxylation sites is 1. The van der Waals surface area contributed by atoms with Gasteiger partial charge in [0.25, 0.3) is 0 Å². The van der Waals surface area contributed by atoms with Gasteiger partial charge in [0.05, 0.1) is 29.5 Å². The number of pyridine rings is 1. The molecule has 224 valence electrons. The van der Waals surface area contributed by atoms with Crippen LogP contribution in [0.4, 0.5) is 0 Å². The molecule has 0 saturated heterocycles. The molecule has 0 unspecified atom stereocenters. The third-order valence-corrected chi connectivity index (χ3v) is 8.51. The molecule has 3 heterocycles. The molecular weight excluding hydrogens is 552 g/mol. The number of hydrogen-bond donors (Lipinski definition) is 0. The smallest absolute Gasteiger partial charge is 0.137 e. The number of rotatable bonds is 7. The van der Waals surface area contributed by atoms with E-state index in [1.54, 1.807) is 0 Å². The third-order valence-electron chi connectivity index (χ3n) is 8.51. The van der Waals surface area contributed by atoms with Crippen molar-refractivity contribution in [3.05, 3.63) is 132 Å². The fraction of sp³-hybridized carbons (Fsp3) is 0.200. The van der Waals surface area contributed by atoms with Crippen LogP contribution in [0, 0.1) is 0 Å². The van der Waals surface area contributed by atoms with Crippen molar-refractivity contribution in [1.82, 2.24) is 19.3 Å². The highest BCUT2D eigenvalue weighted by Gasteiger charge is 2.20. The summed E-state index contributed by atoms with van der Waals surface area (Å²) in [6.45, 7) is 11.0. The largest absolute Gasteiger partial charge is 0.457 e. The lowest BCUT2D eigenvalue weighted by atomic mass is 9.88. The van der Waals surface area contributed by atoms with Crippen molar-refractivity contribution in [3.8, 4) is 34.1 Å². The van der Waals surface area contributed by atoms with Gasteiger partial charge in [0.2, 0.25) is 0 Å². The predicted octanol–water partition coefficient (Wildman–Crippen LogP) is 10.2. The predicted molar refractivity (Wildman–Crippen MR) is 185 cm³/mol. The van der Waals surface area contributed by atoms with Gasteiger partial charge >= 0.3 is 0 Å². The number of aryl methyl sites for hydroxylation is 1. The molecule has 5 nitrogen and oxygen atoms in total. The first-order chi connectivity index (χ1) is 22.2. The Kier molecular flexibility index (Phi) is 6.94. The third kappa shape index (κ3) is 5.18. The van der Waals surface area contributed by atoms with Gasteiger partial charge in [0, 0.05) is 34.7 Å². The van der Waals surface area contributed by atoms with E-state index in [0.717, 1.165) is 63.3 Å². The Morgan fingerprint density at radius 2 is 1.56 bits per heavy atom. The minimum Gasteiger partial charge on any atom is -0.457 e. The van der Waals surface area contributed by atoms with E-state index < -0.39 is 0 Å². The van der Waals surface area contributed by atoms with Gasteiger partial charge in [-0.15, -0.1) is 0 Å². The SMILES string of the molecule is [2H]c1ccc2c(c1)c1ccc(Oc3cccc(-n4nc(CC)c(-c5ccccc5)c4CC)c3)cc1n2-c1cc(C(C)(C)C)ccn1. The highest BCUT2D eigenvalue weighted by molar-refractivity contribution is 6.09. The molecule has 4 aromatic carbocycles. The van der Waals surface area contributed by atoms with E-state index >= 15 is 0 Å². The highest BCUT2D eigenvalue weighted by atomic mass is 16.5. The van der Waals surface area contributed by atoms with Crippen LogP contribution in [0.2, 0.25) is 0 Å². The van der Waals surface area contributed by atoms with E-state index in [1.807, 2.05) is 42.6 Å². The van der Waals surface area contributed by atoms with Crippen molar-refractivity contribution in [2.45, 2.75) is 52.9 Å². The second kappa shape index (κ2) is 11.4. The summed E-state index contributed by atoms with van der Waals surface area (Å²) in [5.41, 5.74) is 8.83. The van der Waals surface area contributed by atoms with Gasteiger partial charge in [0.15, 0.2) is 0 Å². The molecule has 7 rings (SSSR count). The Hall–Kier alpha value is -5.16. The summed E-state index contributed by atoms with van der Waals surface area (Å²) in [5, 5.41) is 7.14. The lowest BCUT2D eigenvalue weighted by Gasteiger charge is -2.20. The van der Waals surface area contributed by atoms with Crippen molar-refractivity contribution in [2.24, 2.45) is 0 Å². The molecule has 45 heavy (non-hydrogen) atoms. The van der Waals surface area contributed by atoms with Gasteiger partial charge in [-0.25, -0.2) is 9.67 Å². The molecular formula is C40H38N4O. The number of hydrogen-bond acceptors (Lipinski definition) is 3. The Morgan fingerprint density at radius 3 is 2.33 bits per heavy atom. The minimum atomic E-state index is -0.0178. The van der Waals surface area contributed by atoms with Crippen LogP contribution in [0.1, 0.15) is 52.9 Å². The second-order valence-electron chi connectivity index (χ2n) is 12.5. The molecule has 0 fully saturated rings. The Bertz CT molecular complexity index is 2210. The van der Waals surface area contributed by atoms with Crippen molar-refractivity contribution in [2.75, 3.05) is 0 Å². The van der Waals surface area contributed by atoms with Gasteiger partial charge in [-0.1, -0.05) is 89.2 Å². The topological polar surface area (TPSA) is 44.9 Å². The van der Waals surface area contributed by atoms with E-state index in [1.165, 1.54) is 22.4 Å². The van der Waals surface area contributed by atoms with Gasteiger partial charge in [0.1, 0.15) is 17.3 Å². The summed E-state index contributed by atoms with van der Waals surface area (Å²) in [5.74, 6) is 2.30. The first-order valence-corrected chi connectivity index (χ1v) is 15.7. The Labute approximate surface area is 266 Å². The zero-order valence-corrected chi connectivity index (χ0v) is 26.5. The molecule has 7 aromatic rings. The lowest BCUT2D eigenvalue weighted by Crippen LogP contribution is -2.12. The van der Waals surface area contributed by atoms with E-state index in [0.29, 0.717) is 6.04 Å². The maximum absolute atomic E-state index is 8.31. The summed E-state index contributed by atoms with van der Waals surface area (Å²) >= 11 is 0. The molecule has 3 aromatic heterocycles. The quantitative estimate of drug-likeness (QED) is 0.185. The standard InChI is InChI=1S/C40H38N4O/c1-6-34-39(27-14-9-8-10-15-27)35(7-2)44(42-34)29-16-13-17-30(25-29)45-31-20-21-33-32-18-11-12-19-36(32)43(37(33)26-31)38-24-28(22-23-41-38)40(3,4)5/h8-26H,6-7H2,1-5H3/i11D. The summed E-state index contributed by atoms with van der Waals surface area (Å²) in [7, 11) is 0. The number of aromatic nitrogens is 4. The van der Waals surface area contributed by atoms with Crippen LogP contribution >= 0.6 is 0 Å². The van der Waals surface area contributed by atoms with E-state index in [2.05, 4.69) is 111 Å². The van der Waals surface area contributed by atoms with Crippen molar-refractivity contribution in [1.29, 1.82) is 0 Å². The van der Waals surface area contributed by atoms with Crippen LogP contribution in [-0.2, 0) is 18.3 Å². The van der Waals surface area contributed by atoms with Gasteiger partial charge in [-0.05, 0) is 71.8 Å². The Balaban J connectivity index is 1.31. The molecule has 0 spiro atoms. The maximum atomic E-state index is 8.31. The van der Waals surface area contributed by atoms with E-state index in [4.69, 9.17) is 16.2 Å². The number of fused-ring (bicyclic) bond motifs is 3. The number of nitrogens with zero attached hydrogens (tertiary/aromatic N) is 4. The first-order valence-electron chi connectivity index (χ1n) is 16.2. The highest BCUT2D eigenvalue weighted by Crippen LogP contribution is 2.36. The van der Waals surface area contributed by atoms with Gasteiger partial charge < -0.3 is 4.74 Å². The molecule has 0 N–H and O–H groups in total. The van der Waals surface area contributed by atoms with Gasteiger partial charge in [-0.3, -0.25) is 4.57 Å². The molecule has 0 aliphatic rings. The molecule has 0 bridgehead atoms. The lowest BCUT2D eigenvalue weighted by molar-refractivity contribution is 0.482. The summed E-state index contributed by atoms with van der Waals surface area (Å²) in [6.07, 6.45) is 3.59. The molecule has 5 heteroatoms. The maximum Gasteiger partial charge on any atom is 0.137 e. The van der Waals surface area contributed by atoms with Crippen LogP contribution in [0.5, 0.6) is 11.5 Å². The van der Waals surface area contributed by atoms with Crippen LogP contribution in [0.3, 0.4) is 0 Å². The normalized spacial score (nSPS) is 12.2. The van der Waals surface area contributed by atoms with Crippen molar-refractivity contribution < 1.29 is 6.11 Å². The zero-order chi connectivity index (χ0) is 32.0. The summed E-state index contributed by atoms with van der Waals surface area (Å²) in [4.78, 5) is 4.80. The van der Waals surface area contributed by atoms with E-state index in [9.17, 15) is 0 Å². The molecule has 0 radical (unpaired) electrons. The molecule has 0 saturated carbocycles. The summed E-state index contributed by atoms with van der Waals surface area (Å²) < 4.78 is 19.1. The van der Waals surface area contributed by atoms with Crippen molar-refractivity contribution in [3.63, 3.8) is 0 Å². The molecule has 0 amide bonds. The number of ether oxygens (including phenoxy) is 1. The van der Waals surface area contributed by atoms with Crippen LogP contribution in [-0.4, -0.2) is 19.3 Å². The fourth-order valence-electron chi connectivity index (χ4n) is 6.25. The molecule has 0 aliphatic heterocycles. The molecule has 0 atom stereocenters. The number of benzene rings is 4. The second-order valence-corrected chi connectivity index (χ2v) is 12.5. The fourth-order valence-corrected chi connectivity index (χ4v) is 6.25. The van der Waals surface area contributed by atoms with Gasteiger partial charge in [-0.2, -0.15) is 5.10 Å². The zero-order valence-electron chi connectivity index (χ0n) is 27.5. The average Bonchev–Trinajstić information content (AvgIpc) is 3.60. The Morgan fingerprint density at radius 1 is 0.756 bits per heavy atom. The van der Waals surface area contributed by atoms with Crippen LogP contribution < -0.4 is 4.74 Å². The average molecular weight is 592 g/mol. The first kappa shape index (κ1) is 27.4. The van der Waals surface area contributed by atoms with Crippen LogP contribution in [0.15, 0.2) is 115 Å². The summed E-state index contributed by atoms with van der Waals surface area (Å²) in [6, 6.07) is 35.3. The van der Waals surface area contributed by atoms with E-state index in [-0.39, 0.29) is 5.41 Å². The minimum absolute atomic E-state index is 0.0178.